The van der Waals surface area contributed by atoms with Gasteiger partial charge in [-0.15, -0.1) is 0 Å². The minimum Gasteiger partial charge on any atom is -0.326 e. The SMILES string of the molecule is C=CC1=CC=C2C(CN)=CCCC2C1C. The second kappa shape index (κ2) is 4.19. The third-order valence-corrected chi connectivity index (χ3v) is 3.68. The van der Waals surface area contributed by atoms with Crippen LogP contribution >= 0.6 is 0 Å². The van der Waals surface area contributed by atoms with Gasteiger partial charge >= 0.3 is 0 Å². The van der Waals surface area contributed by atoms with E-state index in [1.54, 1.807) is 0 Å². The first-order valence-electron chi connectivity index (χ1n) is 5.71. The summed E-state index contributed by atoms with van der Waals surface area (Å²) in [5, 5.41) is 0. The van der Waals surface area contributed by atoms with Crippen LogP contribution in [0.1, 0.15) is 19.8 Å². The lowest BCUT2D eigenvalue weighted by Gasteiger charge is -2.34. The van der Waals surface area contributed by atoms with Crippen molar-refractivity contribution in [3.05, 3.63) is 47.6 Å². The molecular weight excluding hydrogens is 182 g/mol. The van der Waals surface area contributed by atoms with Gasteiger partial charge in [0.2, 0.25) is 0 Å². The Bertz CT molecular complexity index is 358. The van der Waals surface area contributed by atoms with Gasteiger partial charge in [0, 0.05) is 6.54 Å². The molecule has 0 fully saturated rings. The first-order chi connectivity index (χ1) is 7.27. The summed E-state index contributed by atoms with van der Waals surface area (Å²) in [5.41, 5.74) is 9.94. The zero-order chi connectivity index (χ0) is 10.8. The van der Waals surface area contributed by atoms with Crippen molar-refractivity contribution >= 4 is 0 Å². The van der Waals surface area contributed by atoms with Crippen LogP contribution < -0.4 is 5.73 Å². The van der Waals surface area contributed by atoms with Gasteiger partial charge in [-0.05, 0) is 41.4 Å². The van der Waals surface area contributed by atoms with E-state index in [0.717, 1.165) is 0 Å². The van der Waals surface area contributed by atoms with E-state index in [1.807, 2.05) is 6.08 Å². The summed E-state index contributed by atoms with van der Waals surface area (Å²) in [7, 11) is 0. The number of allylic oxidation sites excluding steroid dienone is 5. The van der Waals surface area contributed by atoms with E-state index in [9.17, 15) is 0 Å². The first-order valence-corrected chi connectivity index (χ1v) is 5.71. The van der Waals surface area contributed by atoms with Gasteiger partial charge < -0.3 is 5.73 Å². The normalized spacial score (nSPS) is 29.9. The van der Waals surface area contributed by atoms with Crippen LogP contribution in [0.5, 0.6) is 0 Å². The third-order valence-electron chi connectivity index (χ3n) is 3.68. The van der Waals surface area contributed by atoms with Gasteiger partial charge in [-0.1, -0.05) is 37.8 Å². The molecule has 0 saturated heterocycles. The van der Waals surface area contributed by atoms with Crippen LogP contribution in [0.4, 0.5) is 0 Å². The molecule has 0 heterocycles. The average molecular weight is 201 g/mol. The summed E-state index contributed by atoms with van der Waals surface area (Å²) in [6, 6.07) is 0. The molecule has 15 heavy (non-hydrogen) atoms. The molecule has 0 aromatic heterocycles. The number of hydrogen-bond donors (Lipinski definition) is 1. The maximum atomic E-state index is 5.77. The monoisotopic (exact) mass is 201 g/mol. The average Bonchev–Trinajstić information content (AvgIpc) is 2.29. The zero-order valence-electron chi connectivity index (χ0n) is 9.37. The largest absolute Gasteiger partial charge is 0.326 e. The van der Waals surface area contributed by atoms with E-state index in [-0.39, 0.29) is 0 Å². The zero-order valence-corrected chi connectivity index (χ0v) is 9.37. The summed E-state index contributed by atoms with van der Waals surface area (Å²) in [6.07, 6.45) is 11.1. The Hall–Kier alpha value is -1.08. The van der Waals surface area contributed by atoms with Gasteiger partial charge in [-0.25, -0.2) is 0 Å². The van der Waals surface area contributed by atoms with Gasteiger partial charge in [0.15, 0.2) is 0 Å². The van der Waals surface area contributed by atoms with Crippen LogP contribution in [0.25, 0.3) is 0 Å². The lowest BCUT2D eigenvalue weighted by molar-refractivity contribution is 0.430. The Labute approximate surface area is 92.1 Å². The van der Waals surface area contributed by atoms with Gasteiger partial charge in [0.25, 0.3) is 0 Å². The highest BCUT2D eigenvalue weighted by Crippen LogP contribution is 2.40. The van der Waals surface area contributed by atoms with E-state index < -0.39 is 0 Å². The fourth-order valence-corrected chi connectivity index (χ4v) is 2.72. The second-order valence-corrected chi connectivity index (χ2v) is 4.40. The molecule has 0 amide bonds. The van der Waals surface area contributed by atoms with Gasteiger partial charge in [0.05, 0.1) is 0 Å². The molecule has 80 valence electrons. The summed E-state index contributed by atoms with van der Waals surface area (Å²) >= 11 is 0. The van der Waals surface area contributed by atoms with Crippen molar-refractivity contribution in [3.63, 3.8) is 0 Å². The maximum absolute atomic E-state index is 5.77. The Kier molecular flexibility index (Phi) is 2.92. The first kappa shape index (κ1) is 10.4. The van der Waals surface area contributed by atoms with Crippen LogP contribution in [0.15, 0.2) is 47.6 Å². The topological polar surface area (TPSA) is 26.0 Å². The summed E-state index contributed by atoms with van der Waals surface area (Å²) in [5.74, 6) is 1.25. The molecule has 0 aromatic carbocycles. The van der Waals surface area contributed by atoms with E-state index in [4.69, 9.17) is 5.73 Å². The molecule has 2 aliphatic rings. The highest BCUT2D eigenvalue weighted by Gasteiger charge is 2.28. The molecule has 2 N–H and O–H groups in total. The van der Waals surface area contributed by atoms with Crippen LogP contribution in [-0.4, -0.2) is 6.54 Å². The number of nitrogens with two attached hydrogens (primary N) is 1. The molecule has 0 aromatic rings. The van der Waals surface area contributed by atoms with Crippen LogP contribution in [0.3, 0.4) is 0 Å². The maximum Gasteiger partial charge on any atom is 0.0177 e. The Morgan fingerprint density at radius 3 is 3.00 bits per heavy atom. The van der Waals surface area contributed by atoms with Crippen molar-refractivity contribution in [1.29, 1.82) is 0 Å². The van der Waals surface area contributed by atoms with Crippen LogP contribution in [0.2, 0.25) is 0 Å². The smallest absolute Gasteiger partial charge is 0.0177 e. The summed E-state index contributed by atoms with van der Waals surface area (Å²) in [6.45, 7) is 6.84. The van der Waals surface area contributed by atoms with Crippen molar-refractivity contribution in [2.45, 2.75) is 19.8 Å². The minimum absolute atomic E-state index is 0.595. The Morgan fingerprint density at radius 2 is 2.33 bits per heavy atom. The highest BCUT2D eigenvalue weighted by atomic mass is 14.5. The quantitative estimate of drug-likeness (QED) is 0.730. The van der Waals surface area contributed by atoms with Crippen LogP contribution in [-0.2, 0) is 0 Å². The minimum atomic E-state index is 0.595. The Balaban J connectivity index is 2.37. The fraction of sp³-hybridized carbons (Fsp3) is 0.429. The number of fused-ring (bicyclic) bond motifs is 1. The predicted molar refractivity (Wildman–Crippen MR) is 65.4 cm³/mol. The predicted octanol–water partition coefficient (Wildman–Crippen LogP) is 2.97. The molecule has 1 heteroatoms. The van der Waals surface area contributed by atoms with Crippen molar-refractivity contribution in [2.75, 3.05) is 6.54 Å². The number of rotatable bonds is 2. The van der Waals surface area contributed by atoms with Gasteiger partial charge in [0.1, 0.15) is 0 Å². The van der Waals surface area contributed by atoms with E-state index in [2.05, 4.69) is 31.7 Å². The van der Waals surface area contributed by atoms with Crippen molar-refractivity contribution in [1.82, 2.24) is 0 Å². The molecule has 2 atom stereocenters. The Morgan fingerprint density at radius 1 is 1.53 bits per heavy atom. The molecule has 1 nitrogen and oxygen atoms in total. The lowest BCUT2D eigenvalue weighted by atomic mass is 9.71. The molecule has 2 rings (SSSR count). The molecular formula is C14H19N. The second-order valence-electron chi connectivity index (χ2n) is 4.40. The van der Waals surface area contributed by atoms with E-state index >= 15 is 0 Å². The molecule has 2 aliphatic carbocycles. The summed E-state index contributed by atoms with van der Waals surface area (Å²) in [4.78, 5) is 0. The van der Waals surface area contributed by atoms with Gasteiger partial charge in [-0.2, -0.15) is 0 Å². The highest BCUT2D eigenvalue weighted by molar-refractivity contribution is 5.45. The standard InChI is InChI=1S/C14H19N/c1-3-11-7-8-14-12(9-15)5-4-6-13(14)10(11)2/h3,5,7-8,10,13H,1,4,6,9,15H2,2H3. The van der Waals surface area contributed by atoms with Gasteiger partial charge in [-0.3, -0.25) is 0 Å². The molecule has 0 aliphatic heterocycles. The third kappa shape index (κ3) is 1.72. The molecule has 0 bridgehead atoms. The van der Waals surface area contributed by atoms with Crippen molar-refractivity contribution in [2.24, 2.45) is 17.6 Å². The molecule has 0 radical (unpaired) electrons. The summed E-state index contributed by atoms with van der Waals surface area (Å²) < 4.78 is 0. The van der Waals surface area contributed by atoms with Crippen molar-refractivity contribution in [3.8, 4) is 0 Å². The fourth-order valence-electron chi connectivity index (χ4n) is 2.72. The molecule has 0 spiro atoms. The van der Waals surface area contributed by atoms with Crippen molar-refractivity contribution < 1.29 is 0 Å². The van der Waals surface area contributed by atoms with Crippen LogP contribution in [0, 0.1) is 11.8 Å². The number of hydrogen-bond acceptors (Lipinski definition) is 1. The molecule has 2 unspecified atom stereocenters. The van der Waals surface area contributed by atoms with E-state index in [0.29, 0.717) is 18.4 Å². The molecule has 0 saturated carbocycles. The van der Waals surface area contributed by atoms with E-state index in [1.165, 1.54) is 29.6 Å². The lowest BCUT2D eigenvalue weighted by Crippen LogP contribution is -2.24.